The maximum absolute atomic E-state index is 12.4. The van der Waals surface area contributed by atoms with Gasteiger partial charge in [0.2, 0.25) is 0 Å². The van der Waals surface area contributed by atoms with Crippen LogP contribution in [0.1, 0.15) is 31.8 Å². The molecule has 2 amide bonds. The number of hydrogen-bond donors (Lipinski definition) is 1. The smallest absolute Gasteiger partial charge is 0.276 e. The van der Waals surface area contributed by atoms with E-state index in [1.54, 1.807) is 0 Å². The summed E-state index contributed by atoms with van der Waals surface area (Å²) in [7, 11) is 2.02. The molecule has 0 unspecified atom stereocenters. The standard InChI is InChI=1S/C18H17N3O2/c1-20-8-7-12-13(11-5-3-2-4-6-11)9-14-16(15(12)10-20)18(23)21(19)17(14)22/h2-6,9H,7-8,10,19H2,1H3. The number of carbonyl (C=O) groups is 2. The van der Waals surface area contributed by atoms with E-state index in [9.17, 15) is 9.59 Å². The molecule has 5 nitrogen and oxygen atoms in total. The minimum Gasteiger partial charge on any atom is -0.302 e. The summed E-state index contributed by atoms with van der Waals surface area (Å²) >= 11 is 0. The largest absolute Gasteiger partial charge is 0.302 e. The van der Waals surface area contributed by atoms with Crippen LogP contribution in [0.4, 0.5) is 0 Å². The monoisotopic (exact) mass is 307 g/mol. The summed E-state index contributed by atoms with van der Waals surface area (Å²) in [6.07, 6.45) is 0.857. The molecule has 2 N–H and O–H groups in total. The van der Waals surface area contributed by atoms with Crippen molar-refractivity contribution < 1.29 is 9.59 Å². The van der Waals surface area contributed by atoms with Crippen LogP contribution in [0.5, 0.6) is 0 Å². The van der Waals surface area contributed by atoms with Gasteiger partial charge in [-0.15, -0.1) is 0 Å². The Morgan fingerprint density at radius 3 is 2.48 bits per heavy atom. The minimum atomic E-state index is -0.418. The third-order valence-corrected chi connectivity index (χ3v) is 4.69. The van der Waals surface area contributed by atoms with E-state index in [1.807, 2.05) is 43.4 Å². The summed E-state index contributed by atoms with van der Waals surface area (Å²) in [4.78, 5) is 26.9. The van der Waals surface area contributed by atoms with E-state index in [4.69, 9.17) is 5.84 Å². The SMILES string of the molecule is CN1CCc2c(-c3ccccc3)cc3c(c2C1)C(=O)N(N)C3=O. The van der Waals surface area contributed by atoms with Gasteiger partial charge >= 0.3 is 0 Å². The Hall–Kier alpha value is -2.50. The second-order valence-electron chi connectivity index (χ2n) is 6.14. The quantitative estimate of drug-likeness (QED) is 0.496. The molecule has 2 aliphatic rings. The number of hydrazine groups is 1. The number of benzene rings is 2. The summed E-state index contributed by atoms with van der Waals surface area (Å²) in [5, 5.41) is 0.730. The predicted octanol–water partition coefficient (Wildman–Crippen LogP) is 1.81. The molecule has 0 fully saturated rings. The molecule has 0 atom stereocenters. The van der Waals surface area contributed by atoms with Gasteiger partial charge in [0.25, 0.3) is 11.8 Å². The van der Waals surface area contributed by atoms with Gasteiger partial charge in [-0.3, -0.25) is 9.59 Å². The van der Waals surface area contributed by atoms with Gasteiger partial charge in [-0.05, 0) is 41.8 Å². The number of fused-ring (bicyclic) bond motifs is 3. The number of nitrogens with zero attached hydrogens (tertiary/aromatic N) is 2. The molecule has 0 aliphatic carbocycles. The summed E-state index contributed by atoms with van der Waals surface area (Å²) in [6, 6.07) is 11.8. The van der Waals surface area contributed by atoms with E-state index < -0.39 is 11.8 Å². The first-order valence-electron chi connectivity index (χ1n) is 7.64. The molecule has 2 heterocycles. The first kappa shape index (κ1) is 14.1. The van der Waals surface area contributed by atoms with Crippen molar-refractivity contribution in [3.8, 4) is 11.1 Å². The molecular weight excluding hydrogens is 290 g/mol. The average Bonchev–Trinajstić information content (AvgIpc) is 2.79. The van der Waals surface area contributed by atoms with Crippen molar-refractivity contribution in [3.63, 3.8) is 0 Å². The highest BCUT2D eigenvalue weighted by Gasteiger charge is 2.38. The van der Waals surface area contributed by atoms with E-state index in [2.05, 4.69) is 4.90 Å². The molecule has 0 saturated carbocycles. The van der Waals surface area contributed by atoms with Crippen LogP contribution in [0.2, 0.25) is 0 Å². The van der Waals surface area contributed by atoms with Gasteiger partial charge in [-0.2, -0.15) is 0 Å². The number of imide groups is 1. The molecule has 2 aromatic carbocycles. The molecule has 0 saturated heterocycles. The molecule has 116 valence electrons. The molecule has 23 heavy (non-hydrogen) atoms. The van der Waals surface area contributed by atoms with Crippen LogP contribution in [0, 0.1) is 0 Å². The zero-order valence-electron chi connectivity index (χ0n) is 12.9. The fraction of sp³-hybridized carbons (Fsp3) is 0.222. The van der Waals surface area contributed by atoms with Crippen molar-refractivity contribution in [3.05, 3.63) is 58.7 Å². The number of nitrogens with two attached hydrogens (primary N) is 1. The van der Waals surface area contributed by atoms with Crippen molar-refractivity contribution >= 4 is 11.8 Å². The van der Waals surface area contributed by atoms with Crippen molar-refractivity contribution in [2.45, 2.75) is 13.0 Å². The lowest BCUT2D eigenvalue weighted by atomic mass is 9.85. The molecule has 5 heteroatoms. The summed E-state index contributed by atoms with van der Waals surface area (Å²) in [6.45, 7) is 1.59. The van der Waals surface area contributed by atoms with Gasteiger partial charge < -0.3 is 4.90 Å². The fourth-order valence-corrected chi connectivity index (χ4v) is 3.52. The lowest BCUT2D eigenvalue weighted by Gasteiger charge is -2.28. The van der Waals surface area contributed by atoms with Gasteiger partial charge in [0.1, 0.15) is 0 Å². The molecule has 0 bridgehead atoms. The van der Waals surface area contributed by atoms with Gasteiger partial charge in [0.05, 0.1) is 11.1 Å². The third kappa shape index (κ3) is 2.01. The highest BCUT2D eigenvalue weighted by molar-refractivity contribution is 6.22. The molecule has 0 radical (unpaired) electrons. The second kappa shape index (κ2) is 5.01. The number of likely N-dealkylation sites (N-methyl/N-ethyl adjacent to an activating group) is 1. The Morgan fingerprint density at radius 2 is 1.74 bits per heavy atom. The zero-order chi connectivity index (χ0) is 16.1. The van der Waals surface area contributed by atoms with Crippen LogP contribution in [-0.2, 0) is 13.0 Å². The Morgan fingerprint density at radius 1 is 1.00 bits per heavy atom. The van der Waals surface area contributed by atoms with E-state index in [1.165, 1.54) is 0 Å². The third-order valence-electron chi connectivity index (χ3n) is 4.69. The number of hydrogen-bond acceptors (Lipinski definition) is 4. The van der Waals surface area contributed by atoms with Crippen LogP contribution in [-0.4, -0.2) is 35.3 Å². The van der Waals surface area contributed by atoms with Crippen molar-refractivity contribution in [2.24, 2.45) is 5.84 Å². The normalized spacial score (nSPS) is 17.4. The topological polar surface area (TPSA) is 66.6 Å². The highest BCUT2D eigenvalue weighted by Crippen LogP contribution is 2.37. The predicted molar refractivity (Wildman–Crippen MR) is 86.6 cm³/mol. The number of rotatable bonds is 1. The maximum Gasteiger partial charge on any atom is 0.276 e. The molecule has 0 spiro atoms. The summed E-state index contributed by atoms with van der Waals surface area (Å²) in [5.41, 5.74) is 5.10. The summed E-state index contributed by atoms with van der Waals surface area (Å²) in [5.74, 6) is 4.84. The van der Waals surface area contributed by atoms with Gasteiger partial charge in [-0.1, -0.05) is 30.3 Å². The van der Waals surface area contributed by atoms with E-state index in [0.717, 1.165) is 40.2 Å². The fourth-order valence-electron chi connectivity index (χ4n) is 3.52. The van der Waals surface area contributed by atoms with E-state index in [0.29, 0.717) is 17.7 Å². The Balaban J connectivity index is 2.02. The van der Waals surface area contributed by atoms with Gasteiger partial charge in [0.15, 0.2) is 0 Å². The number of amides is 2. The Labute approximate surface area is 134 Å². The molecule has 4 rings (SSSR count). The van der Waals surface area contributed by atoms with E-state index in [-0.39, 0.29) is 0 Å². The lowest BCUT2D eigenvalue weighted by Crippen LogP contribution is -2.36. The van der Waals surface area contributed by atoms with Crippen LogP contribution >= 0.6 is 0 Å². The lowest BCUT2D eigenvalue weighted by molar-refractivity contribution is 0.0653. The first-order valence-corrected chi connectivity index (χ1v) is 7.64. The Bertz CT molecular complexity index is 830. The molecular formula is C18H17N3O2. The van der Waals surface area contributed by atoms with Gasteiger partial charge in [0, 0.05) is 13.1 Å². The first-order chi connectivity index (χ1) is 11.1. The van der Waals surface area contributed by atoms with Gasteiger partial charge in [-0.25, -0.2) is 10.9 Å². The molecule has 2 aliphatic heterocycles. The van der Waals surface area contributed by atoms with Crippen molar-refractivity contribution in [1.29, 1.82) is 0 Å². The second-order valence-corrected chi connectivity index (χ2v) is 6.14. The zero-order valence-corrected chi connectivity index (χ0v) is 12.9. The maximum atomic E-state index is 12.4. The van der Waals surface area contributed by atoms with Crippen LogP contribution in [0.25, 0.3) is 11.1 Å². The molecule has 2 aromatic rings. The minimum absolute atomic E-state index is 0.392. The van der Waals surface area contributed by atoms with Crippen LogP contribution in [0.3, 0.4) is 0 Å². The Kier molecular flexibility index (Phi) is 3.07. The van der Waals surface area contributed by atoms with E-state index >= 15 is 0 Å². The summed E-state index contributed by atoms with van der Waals surface area (Å²) < 4.78 is 0. The highest BCUT2D eigenvalue weighted by atomic mass is 16.2. The van der Waals surface area contributed by atoms with Crippen molar-refractivity contribution in [1.82, 2.24) is 9.91 Å². The molecule has 0 aromatic heterocycles. The van der Waals surface area contributed by atoms with Crippen LogP contribution in [0.15, 0.2) is 36.4 Å². The van der Waals surface area contributed by atoms with Crippen molar-refractivity contribution in [2.75, 3.05) is 13.6 Å². The van der Waals surface area contributed by atoms with Crippen LogP contribution < -0.4 is 5.84 Å². The average molecular weight is 307 g/mol. The number of carbonyl (C=O) groups excluding carboxylic acids is 2.